The number of rotatable bonds is 6. The number of carboxylic acid groups (broad SMARTS) is 1. The molecule has 1 aromatic carbocycles. The average molecular weight is 330 g/mol. The summed E-state index contributed by atoms with van der Waals surface area (Å²) >= 11 is 0. The van der Waals surface area contributed by atoms with Crippen LogP contribution in [0.5, 0.6) is 0 Å². The van der Waals surface area contributed by atoms with E-state index in [-0.39, 0.29) is 11.1 Å². The zero-order valence-electron chi connectivity index (χ0n) is 13.6. The Morgan fingerprint density at radius 1 is 1.33 bits per heavy atom. The number of halogens is 1. The van der Waals surface area contributed by atoms with Gasteiger partial charge in [0.15, 0.2) is 0 Å². The van der Waals surface area contributed by atoms with E-state index in [0.29, 0.717) is 29.9 Å². The number of hydrogen-bond acceptors (Lipinski definition) is 3. The number of aromatic carboxylic acids is 1. The van der Waals surface area contributed by atoms with E-state index in [2.05, 4.69) is 9.97 Å². The maximum Gasteiger partial charge on any atom is 0.338 e. The number of carboxylic acids is 1. The Morgan fingerprint density at radius 2 is 2.08 bits per heavy atom. The highest BCUT2D eigenvalue weighted by Gasteiger charge is 2.11. The van der Waals surface area contributed by atoms with E-state index < -0.39 is 11.8 Å². The van der Waals surface area contributed by atoms with Crippen molar-refractivity contribution in [2.75, 3.05) is 0 Å². The Labute approximate surface area is 138 Å². The molecule has 0 bridgehead atoms. The number of nitrogens with zero attached hydrogens (tertiary/aromatic N) is 1. The number of hydrogen-bond donors (Lipinski definition) is 2. The van der Waals surface area contributed by atoms with Crippen LogP contribution in [0.4, 0.5) is 4.39 Å². The fraction of sp³-hybridized carbons (Fsp3) is 0.278. The maximum atomic E-state index is 13.8. The number of H-pyrrole nitrogens is 1. The van der Waals surface area contributed by atoms with Crippen LogP contribution < -0.4 is 5.56 Å². The van der Waals surface area contributed by atoms with Crippen LogP contribution in [-0.2, 0) is 6.42 Å². The van der Waals surface area contributed by atoms with Gasteiger partial charge in [-0.25, -0.2) is 14.2 Å². The highest BCUT2D eigenvalue weighted by Crippen LogP contribution is 2.20. The molecular weight excluding hydrogens is 311 g/mol. The molecule has 1 aromatic heterocycles. The molecule has 0 atom stereocenters. The summed E-state index contributed by atoms with van der Waals surface area (Å²) in [5.41, 5.74) is 1.37. The predicted octanol–water partition coefficient (Wildman–Crippen LogP) is 3.51. The molecule has 0 fully saturated rings. The van der Waals surface area contributed by atoms with Crippen LogP contribution in [-0.4, -0.2) is 21.0 Å². The number of aryl methyl sites for hydroxylation is 1. The van der Waals surface area contributed by atoms with Crippen LogP contribution in [0, 0.1) is 5.82 Å². The molecule has 0 radical (unpaired) electrons. The van der Waals surface area contributed by atoms with Gasteiger partial charge in [0.2, 0.25) is 0 Å². The fourth-order valence-corrected chi connectivity index (χ4v) is 2.38. The van der Waals surface area contributed by atoms with E-state index in [1.807, 2.05) is 13.8 Å². The third-order valence-corrected chi connectivity index (χ3v) is 3.55. The SMILES string of the molecule is CCCc1cc(=O)[nH]c(C(=Cc2ccc(C(=O)O)c(F)c2)CC)n1. The zero-order chi connectivity index (χ0) is 17.7. The first-order chi connectivity index (χ1) is 11.4. The lowest BCUT2D eigenvalue weighted by molar-refractivity contribution is 0.0692. The zero-order valence-corrected chi connectivity index (χ0v) is 13.6. The first-order valence-corrected chi connectivity index (χ1v) is 7.78. The van der Waals surface area contributed by atoms with Gasteiger partial charge in [-0.2, -0.15) is 0 Å². The molecule has 0 unspecified atom stereocenters. The van der Waals surface area contributed by atoms with Crippen LogP contribution in [0.25, 0.3) is 11.6 Å². The minimum Gasteiger partial charge on any atom is -0.478 e. The van der Waals surface area contributed by atoms with Gasteiger partial charge >= 0.3 is 5.97 Å². The molecule has 1 heterocycles. The van der Waals surface area contributed by atoms with Crippen LogP contribution in [0.1, 0.15) is 54.1 Å². The molecule has 2 aromatic rings. The summed E-state index contributed by atoms with van der Waals surface area (Å²) < 4.78 is 13.8. The highest BCUT2D eigenvalue weighted by atomic mass is 19.1. The van der Waals surface area contributed by atoms with Gasteiger partial charge in [-0.05, 0) is 42.2 Å². The second-order valence-corrected chi connectivity index (χ2v) is 5.40. The number of carbonyl (C=O) groups is 1. The Balaban J connectivity index is 2.44. The first kappa shape index (κ1) is 17.6. The molecule has 5 nitrogen and oxygen atoms in total. The summed E-state index contributed by atoms with van der Waals surface area (Å²) in [6, 6.07) is 5.38. The van der Waals surface area contributed by atoms with E-state index in [9.17, 15) is 14.0 Å². The molecule has 0 spiro atoms. The minimum atomic E-state index is -1.31. The van der Waals surface area contributed by atoms with Crippen molar-refractivity contribution in [1.29, 1.82) is 0 Å². The molecule has 0 amide bonds. The van der Waals surface area contributed by atoms with Crippen LogP contribution in [0.3, 0.4) is 0 Å². The van der Waals surface area contributed by atoms with E-state index >= 15 is 0 Å². The number of aromatic amines is 1. The molecular formula is C18H19FN2O3. The van der Waals surface area contributed by atoms with Crippen LogP contribution >= 0.6 is 0 Å². The highest BCUT2D eigenvalue weighted by molar-refractivity contribution is 5.88. The molecule has 0 aliphatic heterocycles. The smallest absolute Gasteiger partial charge is 0.338 e. The average Bonchev–Trinajstić information content (AvgIpc) is 2.52. The molecule has 0 saturated heterocycles. The van der Waals surface area contributed by atoms with Gasteiger partial charge in [0, 0.05) is 11.8 Å². The second-order valence-electron chi connectivity index (χ2n) is 5.40. The van der Waals surface area contributed by atoms with Gasteiger partial charge in [-0.1, -0.05) is 26.3 Å². The number of aromatic nitrogens is 2. The third kappa shape index (κ3) is 4.16. The summed E-state index contributed by atoms with van der Waals surface area (Å²) in [6.07, 6.45) is 3.86. The van der Waals surface area contributed by atoms with Crippen molar-refractivity contribution in [3.05, 3.63) is 63.1 Å². The Bertz CT molecular complexity index is 840. The number of nitrogens with one attached hydrogen (secondary N) is 1. The summed E-state index contributed by atoms with van der Waals surface area (Å²) in [5, 5.41) is 8.87. The Morgan fingerprint density at radius 3 is 2.67 bits per heavy atom. The van der Waals surface area contributed by atoms with Crippen LogP contribution in [0.15, 0.2) is 29.1 Å². The van der Waals surface area contributed by atoms with Crippen molar-refractivity contribution in [1.82, 2.24) is 9.97 Å². The first-order valence-electron chi connectivity index (χ1n) is 7.78. The van der Waals surface area contributed by atoms with Crippen molar-refractivity contribution in [2.24, 2.45) is 0 Å². The van der Waals surface area contributed by atoms with Gasteiger partial charge in [-0.15, -0.1) is 0 Å². The molecule has 6 heteroatoms. The summed E-state index contributed by atoms with van der Waals surface area (Å²) in [4.78, 5) is 29.8. The van der Waals surface area contributed by atoms with Gasteiger partial charge in [0.05, 0.1) is 5.56 Å². The molecule has 24 heavy (non-hydrogen) atoms. The normalized spacial score (nSPS) is 11.5. The van der Waals surface area contributed by atoms with E-state index in [0.717, 1.165) is 18.1 Å². The van der Waals surface area contributed by atoms with Crippen molar-refractivity contribution >= 4 is 17.6 Å². The lowest BCUT2D eigenvalue weighted by Crippen LogP contribution is -2.12. The van der Waals surface area contributed by atoms with Crippen molar-refractivity contribution in [3.8, 4) is 0 Å². The number of allylic oxidation sites excluding steroid dienone is 1. The molecule has 0 aliphatic carbocycles. The summed E-state index contributed by atoms with van der Waals surface area (Å²) in [5.74, 6) is -1.65. The molecule has 126 valence electrons. The maximum absolute atomic E-state index is 13.8. The van der Waals surface area contributed by atoms with Crippen molar-refractivity contribution in [3.63, 3.8) is 0 Å². The topological polar surface area (TPSA) is 83.0 Å². The van der Waals surface area contributed by atoms with E-state index in [4.69, 9.17) is 5.11 Å². The lowest BCUT2D eigenvalue weighted by Gasteiger charge is -2.07. The minimum absolute atomic E-state index is 0.227. The van der Waals surface area contributed by atoms with Gasteiger partial charge in [0.1, 0.15) is 11.6 Å². The molecule has 2 N–H and O–H groups in total. The van der Waals surface area contributed by atoms with Crippen LogP contribution in [0.2, 0.25) is 0 Å². The van der Waals surface area contributed by atoms with Gasteiger partial charge in [0.25, 0.3) is 5.56 Å². The molecule has 0 saturated carbocycles. The standard InChI is InChI=1S/C18H19FN2O3/c1-3-5-13-10-16(22)21-17(20-13)12(4-2)8-11-6-7-14(18(23)24)15(19)9-11/h6-10H,3-5H2,1-2H3,(H,23,24)(H,20,21,22). The van der Waals surface area contributed by atoms with Gasteiger partial charge < -0.3 is 10.1 Å². The Kier molecular flexibility index (Phi) is 5.63. The summed E-state index contributed by atoms with van der Waals surface area (Å²) in [6.45, 7) is 3.91. The molecule has 0 aliphatic rings. The summed E-state index contributed by atoms with van der Waals surface area (Å²) in [7, 11) is 0. The van der Waals surface area contributed by atoms with Crippen molar-refractivity contribution in [2.45, 2.75) is 33.1 Å². The fourth-order valence-electron chi connectivity index (χ4n) is 2.38. The van der Waals surface area contributed by atoms with Gasteiger partial charge in [-0.3, -0.25) is 4.79 Å². The second kappa shape index (κ2) is 7.68. The lowest BCUT2D eigenvalue weighted by atomic mass is 10.1. The number of benzene rings is 1. The van der Waals surface area contributed by atoms with Crippen molar-refractivity contribution < 1.29 is 14.3 Å². The third-order valence-electron chi connectivity index (χ3n) is 3.55. The predicted molar refractivity (Wildman–Crippen MR) is 90.4 cm³/mol. The largest absolute Gasteiger partial charge is 0.478 e. The quantitative estimate of drug-likeness (QED) is 0.849. The monoisotopic (exact) mass is 330 g/mol. The Hall–Kier alpha value is -2.76. The van der Waals surface area contributed by atoms with E-state index in [1.165, 1.54) is 18.2 Å². The van der Waals surface area contributed by atoms with E-state index in [1.54, 1.807) is 6.08 Å². The molecule has 2 rings (SSSR count).